The molecule has 0 unspecified atom stereocenters. The van der Waals surface area contributed by atoms with Crippen molar-refractivity contribution in [1.82, 2.24) is 4.98 Å². The number of fused-ring (bicyclic) bond motifs is 1. The molecular weight excluding hydrogens is 262 g/mol. The molecule has 0 radical (unpaired) electrons. The van der Waals surface area contributed by atoms with Gasteiger partial charge in [0, 0.05) is 34.7 Å². The monoisotopic (exact) mass is 279 g/mol. The molecule has 2 aromatic carbocycles. The molecule has 0 bridgehead atoms. The van der Waals surface area contributed by atoms with Gasteiger partial charge in [0.1, 0.15) is 5.75 Å². The predicted molar refractivity (Wildman–Crippen MR) is 87.0 cm³/mol. The van der Waals surface area contributed by atoms with Gasteiger partial charge in [-0.15, -0.1) is 0 Å². The van der Waals surface area contributed by atoms with Gasteiger partial charge in [-0.05, 0) is 43.3 Å². The summed E-state index contributed by atoms with van der Waals surface area (Å²) in [5.41, 5.74) is 9.39. The molecule has 4 nitrogen and oxygen atoms in total. The molecule has 1 heterocycles. The molecule has 3 rings (SSSR count). The topological polar surface area (TPSA) is 60.2 Å². The minimum Gasteiger partial charge on any atom is -0.494 e. The van der Waals surface area contributed by atoms with E-state index in [-0.39, 0.29) is 0 Å². The largest absolute Gasteiger partial charge is 0.494 e. The van der Waals surface area contributed by atoms with Crippen LogP contribution in [0.5, 0.6) is 5.75 Å². The van der Waals surface area contributed by atoms with Crippen LogP contribution in [-0.4, -0.2) is 11.6 Å². The van der Waals surface area contributed by atoms with Crippen molar-refractivity contribution >= 4 is 28.0 Å². The fraction of sp³-hybridized carbons (Fsp3) is 0.118. The quantitative estimate of drug-likeness (QED) is 0.710. The van der Waals surface area contributed by atoms with E-state index >= 15 is 0 Å². The number of nitrogens with one attached hydrogen (secondary N) is 1. The number of nitrogen functional groups attached to an aromatic ring is 1. The van der Waals surface area contributed by atoms with Crippen LogP contribution >= 0.6 is 0 Å². The third-order valence-electron chi connectivity index (χ3n) is 3.19. The number of hydrogen-bond donors (Lipinski definition) is 2. The van der Waals surface area contributed by atoms with E-state index in [1.807, 2.05) is 55.5 Å². The fourth-order valence-corrected chi connectivity index (χ4v) is 2.27. The first kappa shape index (κ1) is 13.2. The molecule has 3 N–H and O–H groups in total. The second-order valence-corrected chi connectivity index (χ2v) is 4.72. The summed E-state index contributed by atoms with van der Waals surface area (Å²) in [5, 5.41) is 4.42. The Hall–Kier alpha value is -2.75. The maximum atomic E-state index is 5.81. The maximum Gasteiger partial charge on any atom is 0.121 e. The molecule has 0 aliphatic heterocycles. The average Bonchev–Trinajstić information content (AvgIpc) is 2.48. The summed E-state index contributed by atoms with van der Waals surface area (Å²) in [6.45, 7) is 2.61. The highest BCUT2D eigenvalue weighted by Gasteiger charge is 2.04. The highest BCUT2D eigenvalue weighted by atomic mass is 16.5. The van der Waals surface area contributed by atoms with Crippen molar-refractivity contribution in [2.75, 3.05) is 17.7 Å². The van der Waals surface area contributed by atoms with Crippen LogP contribution in [0.2, 0.25) is 0 Å². The third-order valence-corrected chi connectivity index (χ3v) is 3.19. The molecule has 0 amide bonds. The number of nitrogens with zero attached hydrogens (tertiary/aromatic N) is 1. The van der Waals surface area contributed by atoms with Crippen molar-refractivity contribution in [2.24, 2.45) is 0 Å². The van der Waals surface area contributed by atoms with Gasteiger partial charge in [0.05, 0.1) is 12.1 Å². The lowest BCUT2D eigenvalue weighted by Gasteiger charge is -2.11. The lowest BCUT2D eigenvalue weighted by molar-refractivity contribution is 0.340. The van der Waals surface area contributed by atoms with Crippen molar-refractivity contribution in [3.05, 3.63) is 54.7 Å². The van der Waals surface area contributed by atoms with Crippen molar-refractivity contribution in [3.8, 4) is 5.75 Å². The lowest BCUT2D eigenvalue weighted by Crippen LogP contribution is -1.95. The molecule has 0 atom stereocenters. The highest BCUT2D eigenvalue weighted by Crippen LogP contribution is 2.28. The number of rotatable bonds is 4. The van der Waals surface area contributed by atoms with Gasteiger partial charge >= 0.3 is 0 Å². The molecule has 0 saturated heterocycles. The summed E-state index contributed by atoms with van der Waals surface area (Å²) in [6.07, 6.45) is 1.78. The summed E-state index contributed by atoms with van der Waals surface area (Å²) in [4.78, 5) is 4.40. The molecule has 1 aromatic heterocycles. The Morgan fingerprint density at radius 1 is 1.14 bits per heavy atom. The second-order valence-electron chi connectivity index (χ2n) is 4.72. The zero-order chi connectivity index (χ0) is 14.7. The molecule has 0 aliphatic rings. The maximum absolute atomic E-state index is 5.81. The molecule has 0 spiro atoms. The summed E-state index contributed by atoms with van der Waals surface area (Å²) in [5.74, 6) is 0.832. The van der Waals surface area contributed by atoms with E-state index in [2.05, 4.69) is 10.3 Å². The van der Waals surface area contributed by atoms with Crippen LogP contribution in [-0.2, 0) is 0 Å². The van der Waals surface area contributed by atoms with Crippen LogP contribution in [0.1, 0.15) is 6.92 Å². The second kappa shape index (κ2) is 5.71. The SMILES string of the molecule is CCOc1ccc2c(Nc3cccc(N)c3)ccnc2c1. The Morgan fingerprint density at radius 2 is 2.05 bits per heavy atom. The van der Waals surface area contributed by atoms with E-state index in [4.69, 9.17) is 10.5 Å². The average molecular weight is 279 g/mol. The summed E-state index contributed by atoms with van der Waals surface area (Å²) in [7, 11) is 0. The third kappa shape index (κ3) is 2.89. The van der Waals surface area contributed by atoms with Crippen LogP contribution in [0.4, 0.5) is 17.1 Å². The number of aromatic nitrogens is 1. The van der Waals surface area contributed by atoms with E-state index < -0.39 is 0 Å². The Bertz CT molecular complexity index is 771. The predicted octanol–water partition coefficient (Wildman–Crippen LogP) is 3.96. The van der Waals surface area contributed by atoms with E-state index in [1.165, 1.54) is 0 Å². The Kier molecular flexibility index (Phi) is 3.60. The fourth-order valence-electron chi connectivity index (χ4n) is 2.27. The number of nitrogens with two attached hydrogens (primary N) is 1. The first-order valence-corrected chi connectivity index (χ1v) is 6.90. The van der Waals surface area contributed by atoms with Crippen molar-refractivity contribution in [1.29, 1.82) is 0 Å². The molecule has 3 aromatic rings. The van der Waals surface area contributed by atoms with Gasteiger partial charge in [0.15, 0.2) is 0 Å². The van der Waals surface area contributed by atoms with Gasteiger partial charge in [0.2, 0.25) is 0 Å². The number of anilines is 3. The molecule has 0 saturated carbocycles. The molecule has 4 heteroatoms. The van der Waals surface area contributed by atoms with Gasteiger partial charge in [0.25, 0.3) is 0 Å². The van der Waals surface area contributed by atoms with Gasteiger partial charge < -0.3 is 15.8 Å². The van der Waals surface area contributed by atoms with Crippen LogP contribution < -0.4 is 15.8 Å². The molecule has 0 fully saturated rings. The Balaban J connectivity index is 1.99. The molecule has 106 valence electrons. The Morgan fingerprint density at radius 3 is 2.86 bits per heavy atom. The van der Waals surface area contributed by atoms with E-state index in [0.717, 1.165) is 33.7 Å². The van der Waals surface area contributed by atoms with Crippen molar-refractivity contribution in [3.63, 3.8) is 0 Å². The highest BCUT2D eigenvalue weighted by molar-refractivity contribution is 5.93. The van der Waals surface area contributed by atoms with E-state index in [9.17, 15) is 0 Å². The lowest BCUT2D eigenvalue weighted by atomic mass is 10.1. The van der Waals surface area contributed by atoms with Gasteiger partial charge in [-0.25, -0.2) is 0 Å². The van der Waals surface area contributed by atoms with Gasteiger partial charge in [-0.3, -0.25) is 4.98 Å². The van der Waals surface area contributed by atoms with Crippen LogP contribution in [0, 0.1) is 0 Å². The summed E-state index contributed by atoms with van der Waals surface area (Å²) >= 11 is 0. The van der Waals surface area contributed by atoms with Gasteiger partial charge in [-0.2, -0.15) is 0 Å². The van der Waals surface area contributed by atoms with Gasteiger partial charge in [-0.1, -0.05) is 6.07 Å². The zero-order valence-corrected chi connectivity index (χ0v) is 11.8. The van der Waals surface area contributed by atoms with Crippen molar-refractivity contribution < 1.29 is 4.74 Å². The summed E-state index contributed by atoms with van der Waals surface area (Å²) < 4.78 is 5.51. The normalized spacial score (nSPS) is 10.5. The number of hydrogen-bond acceptors (Lipinski definition) is 4. The van der Waals surface area contributed by atoms with Crippen LogP contribution in [0.15, 0.2) is 54.7 Å². The first-order chi connectivity index (χ1) is 10.3. The minimum absolute atomic E-state index is 0.646. The Labute approximate surface area is 123 Å². The molecule has 21 heavy (non-hydrogen) atoms. The summed E-state index contributed by atoms with van der Waals surface area (Å²) in [6, 6.07) is 15.5. The molecule has 0 aliphatic carbocycles. The van der Waals surface area contributed by atoms with Crippen LogP contribution in [0.3, 0.4) is 0 Å². The number of ether oxygens (including phenoxy) is 1. The first-order valence-electron chi connectivity index (χ1n) is 6.90. The minimum atomic E-state index is 0.646. The zero-order valence-electron chi connectivity index (χ0n) is 11.8. The van der Waals surface area contributed by atoms with E-state index in [1.54, 1.807) is 6.20 Å². The number of benzene rings is 2. The van der Waals surface area contributed by atoms with E-state index in [0.29, 0.717) is 6.61 Å². The van der Waals surface area contributed by atoms with Crippen LogP contribution in [0.25, 0.3) is 10.9 Å². The standard InChI is InChI=1S/C17H17N3O/c1-2-21-14-6-7-15-16(8-9-19-17(15)11-14)20-13-5-3-4-12(18)10-13/h3-11H,2,18H2,1H3,(H,19,20). The van der Waals surface area contributed by atoms with Crippen molar-refractivity contribution in [2.45, 2.75) is 6.92 Å². The molecular formula is C17H17N3O. The smallest absolute Gasteiger partial charge is 0.121 e. The number of pyridine rings is 1.